The Morgan fingerprint density at radius 1 is 1.17 bits per heavy atom. The summed E-state index contributed by atoms with van der Waals surface area (Å²) < 4.78 is 23.9. The Labute approximate surface area is 132 Å². The van der Waals surface area contributed by atoms with Gasteiger partial charge >= 0.3 is 0 Å². The number of carbonyl (C=O) groups is 2. The van der Waals surface area contributed by atoms with E-state index in [1.165, 1.54) is 25.3 Å². The molecule has 0 saturated carbocycles. The van der Waals surface area contributed by atoms with E-state index in [1.807, 2.05) is 0 Å². The van der Waals surface area contributed by atoms with E-state index >= 15 is 0 Å². The molecule has 2 aromatic rings. The monoisotopic (exact) mass is 318 g/mol. The number of hydrogen-bond acceptors (Lipinski definition) is 4. The summed E-state index contributed by atoms with van der Waals surface area (Å²) in [6.07, 6.45) is 0. The van der Waals surface area contributed by atoms with Crippen LogP contribution in [-0.2, 0) is 4.79 Å². The van der Waals surface area contributed by atoms with Crippen LogP contribution >= 0.6 is 0 Å². The molecule has 7 heteroatoms. The summed E-state index contributed by atoms with van der Waals surface area (Å²) >= 11 is 0. The quantitative estimate of drug-likeness (QED) is 0.851. The molecule has 23 heavy (non-hydrogen) atoms. The normalized spacial score (nSPS) is 10.0. The van der Waals surface area contributed by atoms with Crippen molar-refractivity contribution >= 4 is 17.5 Å². The lowest BCUT2D eigenvalue weighted by atomic mass is 10.2. The largest absolute Gasteiger partial charge is 0.497 e. The summed E-state index contributed by atoms with van der Waals surface area (Å²) in [6, 6.07) is 10.3. The predicted molar refractivity (Wildman–Crippen MR) is 82.0 cm³/mol. The van der Waals surface area contributed by atoms with E-state index in [0.29, 0.717) is 17.2 Å². The fourth-order valence-electron chi connectivity index (χ4n) is 1.82. The average molecular weight is 318 g/mol. The second-order valence-corrected chi connectivity index (χ2v) is 4.58. The van der Waals surface area contributed by atoms with Gasteiger partial charge in [-0.05, 0) is 24.3 Å². The van der Waals surface area contributed by atoms with Gasteiger partial charge in [0.05, 0.1) is 12.7 Å². The maximum Gasteiger partial charge on any atom is 0.258 e. The van der Waals surface area contributed by atoms with Crippen LogP contribution in [0.3, 0.4) is 0 Å². The molecule has 0 aromatic heterocycles. The number of anilines is 1. The van der Waals surface area contributed by atoms with Crippen molar-refractivity contribution in [2.75, 3.05) is 19.0 Å². The first-order valence-electron chi connectivity index (χ1n) is 6.65. The van der Waals surface area contributed by atoms with Gasteiger partial charge in [0, 0.05) is 17.8 Å². The van der Waals surface area contributed by atoms with Gasteiger partial charge < -0.3 is 20.5 Å². The van der Waals surface area contributed by atoms with Crippen LogP contribution in [0.5, 0.6) is 11.5 Å². The molecule has 0 aliphatic heterocycles. The molecule has 0 saturated heterocycles. The summed E-state index contributed by atoms with van der Waals surface area (Å²) in [6.45, 7) is -0.273. The van der Waals surface area contributed by atoms with Crippen LogP contribution in [0.25, 0.3) is 0 Å². The number of nitrogens with one attached hydrogen (secondary N) is 1. The maximum atomic E-state index is 13.9. The van der Waals surface area contributed by atoms with Gasteiger partial charge in [0.25, 0.3) is 11.8 Å². The Kier molecular flexibility index (Phi) is 5.14. The van der Waals surface area contributed by atoms with Crippen molar-refractivity contribution < 1.29 is 23.5 Å². The van der Waals surface area contributed by atoms with Gasteiger partial charge in [-0.3, -0.25) is 9.59 Å². The third-order valence-corrected chi connectivity index (χ3v) is 2.89. The third-order valence-electron chi connectivity index (χ3n) is 2.89. The average Bonchev–Trinajstić information content (AvgIpc) is 2.53. The smallest absolute Gasteiger partial charge is 0.258 e. The molecule has 0 aliphatic rings. The molecule has 0 spiro atoms. The summed E-state index contributed by atoms with van der Waals surface area (Å²) in [7, 11) is 1.41. The summed E-state index contributed by atoms with van der Waals surface area (Å²) in [5.74, 6) is -1.24. The number of rotatable bonds is 6. The lowest BCUT2D eigenvalue weighted by Gasteiger charge is -2.09. The minimum atomic E-state index is -0.692. The van der Waals surface area contributed by atoms with Crippen LogP contribution in [-0.4, -0.2) is 25.5 Å². The van der Waals surface area contributed by atoms with E-state index < -0.39 is 17.6 Å². The van der Waals surface area contributed by atoms with Gasteiger partial charge in [-0.25, -0.2) is 4.39 Å². The summed E-state index contributed by atoms with van der Waals surface area (Å²) in [5.41, 5.74) is 5.27. The Hall–Kier alpha value is -3.09. The molecular formula is C16H15FN2O4. The Bertz CT molecular complexity index is 734. The minimum absolute atomic E-state index is 0.116. The Morgan fingerprint density at radius 3 is 2.61 bits per heavy atom. The number of nitrogens with two attached hydrogens (primary N) is 1. The van der Waals surface area contributed by atoms with Crippen LogP contribution in [0.15, 0.2) is 42.5 Å². The predicted octanol–water partition coefficient (Wildman–Crippen LogP) is 1.95. The van der Waals surface area contributed by atoms with Gasteiger partial charge in [-0.1, -0.05) is 6.07 Å². The first-order chi connectivity index (χ1) is 11.0. The van der Waals surface area contributed by atoms with E-state index in [9.17, 15) is 14.0 Å². The molecule has 6 nitrogen and oxygen atoms in total. The molecule has 120 valence electrons. The zero-order valence-corrected chi connectivity index (χ0v) is 12.3. The summed E-state index contributed by atoms with van der Waals surface area (Å²) in [4.78, 5) is 22.8. The lowest BCUT2D eigenvalue weighted by molar-refractivity contribution is -0.119. The highest BCUT2D eigenvalue weighted by Crippen LogP contribution is 2.20. The molecular weight excluding hydrogens is 303 g/mol. The standard InChI is InChI=1S/C16H15FN2O4/c1-22-11-5-6-13(14(17)8-11)16(21)19-10-3-2-4-12(7-10)23-9-15(18)20/h2-8H,9H2,1H3,(H2,18,20)(H,19,21). The second kappa shape index (κ2) is 7.26. The number of methoxy groups -OCH3 is 1. The van der Waals surface area contributed by atoms with Crippen LogP contribution in [0.4, 0.5) is 10.1 Å². The molecule has 0 aliphatic carbocycles. The molecule has 0 radical (unpaired) electrons. The SMILES string of the molecule is COc1ccc(C(=O)Nc2cccc(OCC(N)=O)c2)c(F)c1. The molecule has 0 bridgehead atoms. The van der Waals surface area contributed by atoms with Crippen molar-refractivity contribution in [1.82, 2.24) is 0 Å². The van der Waals surface area contributed by atoms with Gasteiger partial charge in [0.15, 0.2) is 6.61 Å². The first-order valence-corrected chi connectivity index (χ1v) is 6.65. The number of benzene rings is 2. The van der Waals surface area contributed by atoms with Crippen molar-refractivity contribution in [1.29, 1.82) is 0 Å². The Balaban J connectivity index is 2.11. The minimum Gasteiger partial charge on any atom is -0.497 e. The Morgan fingerprint density at radius 2 is 1.96 bits per heavy atom. The molecule has 0 unspecified atom stereocenters. The van der Waals surface area contributed by atoms with Crippen LogP contribution in [0.2, 0.25) is 0 Å². The molecule has 0 atom stereocenters. The van der Waals surface area contributed by atoms with Crippen molar-refractivity contribution in [2.24, 2.45) is 5.73 Å². The third kappa shape index (κ3) is 4.44. The topological polar surface area (TPSA) is 90.7 Å². The molecule has 0 fully saturated rings. The van der Waals surface area contributed by atoms with Crippen LogP contribution < -0.4 is 20.5 Å². The number of amides is 2. The zero-order chi connectivity index (χ0) is 16.8. The van der Waals surface area contributed by atoms with Crippen molar-refractivity contribution in [3.63, 3.8) is 0 Å². The number of halogens is 1. The van der Waals surface area contributed by atoms with Gasteiger partial charge in [0.2, 0.25) is 0 Å². The van der Waals surface area contributed by atoms with E-state index in [-0.39, 0.29) is 12.2 Å². The second-order valence-electron chi connectivity index (χ2n) is 4.58. The lowest BCUT2D eigenvalue weighted by Crippen LogP contribution is -2.20. The summed E-state index contributed by atoms with van der Waals surface area (Å²) in [5, 5.41) is 2.55. The van der Waals surface area contributed by atoms with E-state index in [2.05, 4.69) is 5.32 Å². The molecule has 2 amide bonds. The van der Waals surface area contributed by atoms with E-state index in [1.54, 1.807) is 18.2 Å². The number of primary amides is 1. The fraction of sp³-hybridized carbons (Fsp3) is 0.125. The maximum absolute atomic E-state index is 13.9. The first kappa shape index (κ1) is 16.3. The fourth-order valence-corrected chi connectivity index (χ4v) is 1.82. The van der Waals surface area contributed by atoms with Crippen molar-refractivity contribution in [3.8, 4) is 11.5 Å². The van der Waals surface area contributed by atoms with Crippen molar-refractivity contribution in [2.45, 2.75) is 0 Å². The van der Waals surface area contributed by atoms with Crippen molar-refractivity contribution in [3.05, 3.63) is 53.8 Å². The highest BCUT2D eigenvalue weighted by Gasteiger charge is 2.13. The van der Waals surface area contributed by atoms with Crippen LogP contribution in [0.1, 0.15) is 10.4 Å². The highest BCUT2D eigenvalue weighted by atomic mass is 19.1. The van der Waals surface area contributed by atoms with E-state index in [4.69, 9.17) is 15.2 Å². The highest BCUT2D eigenvalue weighted by molar-refractivity contribution is 6.04. The van der Waals surface area contributed by atoms with Crippen LogP contribution in [0, 0.1) is 5.82 Å². The van der Waals surface area contributed by atoms with Gasteiger partial charge in [0.1, 0.15) is 17.3 Å². The molecule has 3 N–H and O–H groups in total. The van der Waals surface area contributed by atoms with Gasteiger partial charge in [-0.15, -0.1) is 0 Å². The molecule has 0 heterocycles. The number of ether oxygens (including phenoxy) is 2. The molecule has 2 rings (SSSR count). The number of hydrogen-bond donors (Lipinski definition) is 2. The number of carbonyl (C=O) groups excluding carboxylic acids is 2. The van der Waals surface area contributed by atoms with E-state index in [0.717, 1.165) is 6.07 Å². The zero-order valence-electron chi connectivity index (χ0n) is 12.3. The van der Waals surface area contributed by atoms with Gasteiger partial charge in [-0.2, -0.15) is 0 Å². The molecule has 2 aromatic carbocycles.